The van der Waals surface area contributed by atoms with Crippen LogP contribution in [0.3, 0.4) is 0 Å². The lowest BCUT2D eigenvalue weighted by Crippen LogP contribution is -2.14. The summed E-state index contributed by atoms with van der Waals surface area (Å²) >= 11 is 0. The lowest BCUT2D eigenvalue weighted by Gasteiger charge is -2.22. The Morgan fingerprint density at radius 1 is 0.710 bits per heavy atom. The molecule has 2 nitrogen and oxygen atoms in total. The summed E-state index contributed by atoms with van der Waals surface area (Å²) in [6.07, 6.45) is 0. The molecule has 5 aromatic rings. The molecule has 1 aromatic heterocycles. The van der Waals surface area contributed by atoms with Gasteiger partial charge in [0.05, 0.1) is 6.57 Å². The lowest BCUT2D eigenvalue weighted by atomic mass is 9.81. The van der Waals surface area contributed by atoms with Gasteiger partial charge in [0.15, 0.2) is 5.69 Å². The molecule has 1 heterocycles. The van der Waals surface area contributed by atoms with Crippen molar-refractivity contribution in [3.8, 4) is 22.3 Å². The molecular formula is C29H22N2. The standard InChI is InChI=1S/C29H22N2/c1-29(2)25-8-6-5-7-21(25)22-12-9-19(16-26(22)29)18-10-13-27-23(15-18)24-17-20(30-3)11-14-28(24)31(27)4/h5-17H,1-2,4H3. The van der Waals surface area contributed by atoms with Crippen LogP contribution in [0.1, 0.15) is 25.0 Å². The van der Waals surface area contributed by atoms with E-state index in [-0.39, 0.29) is 5.41 Å². The van der Waals surface area contributed by atoms with Crippen LogP contribution in [0.5, 0.6) is 0 Å². The molecule has 0 fully saturated rings. The first-order valence-corrected chi connectivity index (χ1v) is 10.6. The molecule has 0 N–H and O–H groups in total. The first-order chi connectivity index (χ1) is 15.0. The number of fused-ring (bicyclic) bond motifs is 6. The van der Waals surface area contributed by atoms with Crippen LogP contribution < -0.4 is 0 Å². The fourth-order valence-electron chi connectivity index (χ4n) is 5.34. The van der Waals surface area contributed by atoms with E-state index in [2.05, 4.69) is 97.0 Å². The topological polar surface area (TPSA) is 9.29 Å². The molecule has 4 aromatic carbocycles. The van der Waals surface area contributed by atoms with Gasteiger partial charge >= 0.3 is 0 Å². The number of hydrogen-bond donors (Lipinski definition) is 0. The van der Waals surface area contributed by atoms with E-state index in [0.717, 1.165) is 10.9 Å². The summed E-state index contributed by atoms with van der Waals surface area (Å²) in [5.74, 6) is 0. The number of aromatic nitrogens is 1. The Kier molecular flexibility index (Phi) is 3.53. The van der Waals surface area contributed by atoms with Crippen LogP contribution in [0.15, 0.2) is 78.9 Å². The molecule has 0 amide bonds. The largest absolute Gasteiger partial charge is 0.344 e. The van der Waals surface area contributed by atoms with Crippen LogP contribution in [0.2, 0.25) is 0 Å². The minimum absolute atomic E-state index is 0.00395. The summed E-state index contributed by atoms with van der Waals surface area (Å²) in [6, 6.07) is 28.3. The molecule has 0 saturated carbocycles. The normalized spacial score (nSPS) is 13.9. The van der Waals surface area contributed by atoms with Gasteiger partial charge in [-0.25, -0.2) is 4.85 Å². The minimum Gasteiger partial charge on any atom is -0.344 e. The van der Waals surface area contributed by atoms with Crippen LogP contribution in [0, 0.1) is 6.57 Å². The average Bonchev–Trinajstić information content (AvgIpc) is 3.21. The number of hydrogen-bond acceptors (Lipinski definition) is 0. The zero-order valence-corrected chi connectivity index (χ0v) is 17.9. The van der Waals surface area contributed by atoms with Gasteiger partial charge in [0, 0.05) is 28.9 Å². The van der Waals surface area contributed by atoms with E-state index in [1.54, 1.807) is 0 Å². The van der Waals surface area contributed by atoms with Crippen molar-refractivity contribution >= 4 is 27.5 Å². The Morgan fingerprint density at radius 2 is 1.35 bits per heavy atom. The van der Waals surface area contributed by atoms with Crippen LogP contribution in [0.25, 0.3) is 48.9 Å². The molecular weight excluding hydrogens is 376 g/mol. The third kappa shape index (κ3) is 2.38. The molecule has 0 aliphatic heterocycles. The highest BCUT2D eigenvalue weighted by molar-refractivity contribution is 6.10. The van der Waals surface area contributed by atoms with Gasteiger partial charge < -0.3 is 4.57 Å². The van der Waals surface area contributed by atoms with Crippen molar-refractivity contribution in [1.82, 2.24) is 4.57 Å². The molecule has 1 aliphatic carbocycles. The van der Waals surface area contributed by atoms with E-state index in [1.165, 1.54) is 44.3 Å². The first kappa shape index (κ1) is 18.0. The molecule has 148 valence electrons. The molecule has 0 unspecified atom stereocenters. The van der Waals surface area contributed by atoms with Crippen molar-refractivity contribution in [3.05, 3.63) is 101 Å². The zero-order chi connectivity index (χ0) is 21.3. The lowest BCUT2D eigenvalue weighted by molar-refractivity contribution is 0.660. The van der Waals surface area contributed by atoms with Crippen LogP contribution in [-0.4, -0.2) is 4.57 Å². The number of benzene rings is 4. The summed E-state index contributed by atoms with van der Waals surface area (Å²) in [6.45, 7) is 12.0. The van der Waals surface area contributed by atoms with Gasteiger partial charge in [-0.15, -0.1) is 0 Å². The van der Waals surface area contributed by atoms with Gasteiger partial charge in [0.2, 0.25) is 0 Å². The molecule has 0 spiro atoms. The van der Waals surface area contributed by atoms with Gasteiger partial charge in [0.1, 0.15) is 0 Å². The third-order valence-corrected chi connectivity index (χ3v) is 7.04. The summed E-state index contributed by atoms with van der Waals surface area (Å²) in [7, 11) is 2.09. The molecule has 1 aliphatic rings. The van der Waals surface area contributed by atoms with Crippen LogP contribution >= 0.6 is 0 Å². The summed E-state index contributed by atoms with van der Waals surface area (Å²) in [5.41, 5.74) is 11.0. The summed E-state index contributed by atoms with van der Waals surface area (Å²) in [4.78, 5) is 3.63. The second-order valence-corrected chi connectivity index (χ2v) is 9.04. The second kappa shape index (κ2) is 6.09. The zero-order valence-electron chi connectivity index (χ0n) is 17.9. The Hall–Kier alpha value is -3.83. The number of rotatable bonds is 1. The van der Waals surface area contributed by atoms with Gasteiger partial charge in [-0.1, -0.05) is 62.4 Å². The van der Waals surface area contributed by atoms with E-state index in [9.17, 15) is 0 Å². The first-order valence-electron chi connectivity index (χ1n) is 10.6. The molecule has 0 radical (unpaired) electrons. The predicted octanol–water partition coefficient (Wildman–Crippen LogP) is 7.86. The Balaban J connectivity index is 1.56. The maximum absolute atomic E-state index is 7.39. The molecule has 0 bridgehead atoms. The van der Waals surface area contributed by atoms with Crippen molar-refractivity contribution in [2.75, 3.05) is 0 Å². The number of aryl methyl sites for hydroxylation is 1. The van der Waals surface area contributed by atoms with E-state index in [1.807, 2.05) is 12.1 Å². The Morgan fingerprint density at radius 3 is 2.16 bits per heavy atom. The van der Waals surface area contributed by atoms with Crippen molar-refractivity contribution in [2.45, 2.75) is 19.3 Å². The second-order valence-electron chi connectivity index (χ2n) is 9.04. The van der Waals surface area contributed by atoms with Crippen LogP contribution in [-0.2, 0) is 12.5 Å². The van der Waals surface area contributed by atoms with E-state index in [0.29, 0.717) is 5.69 Å². The molecule has 31 heavy (non-hydrogen) atoms. The summed E-state index contributed by atoms with van der Waals surface area (Å²) in [5, 5.41) is 2.34. The van der Waals surface area contributed by atoms with Gasteiger partial charge in [-0.3, -0.25) is 0 Å². The van der Waals surface area contributed by atoms with Gasteiger partial charge in [-0.2, -0.15) is 0 Å². The molecule has 0 saturated heterocycles. The van der Waals surface area contributed by atoms with Crippen molar-refractivity contribution in [3.63, 3.8) is 0 Å². The highest BCUT2D eigenvalue weighted by atomic mass is 14.9. The fraction of sp³-hybridized carbons (Fsp3) is 0.138. The van der Waals surface area contributed by atoms with Gasteiger partial charge in [0.25, 0.3) is 0 Å². The third-order valence-electron chi connectivity index (χ3n) is 7.04. The van der Waals surface area contributed by atoms with Crippen molar-refractivity contribution < 1.29 is 0 Å². The van der Waals surface area contributed by atoms with E-state index in [4.69, 9.17) is 6.57 Å². The maximum atomic E-state index is 7.39. The predicted molar refractivity (Wildman–Crippen MR) is 130 cm³/mol. The molecule has 6 rings (SSSR count). The SMILES string of the molecule is [C-]#[N+]c1ccc2c(c1)c1cc(-c3ccc4c(c3)C(C)(C)c3ccccc3-4)ccc1n2C. The monoisotopic (exact) mass is 398 g/mol. The molecule has 0 atom stereocenters. The minimum atomic E-state index is -0.00395. The number of nitrogens with zero attached hydrogens (tertiary/aromatic N) is 2. The quantitative estimate of drug-likeness (QED) is 0.254. The fourth-order valence-corrected chi connectivity index (χ4v) is 5.34. The Bertz CT molecular complexity index is 1570. The smallest absolute Gasteiger partial charge is 0.188 e. The highest BCUT2D eigenvalue weighted by Crippen LogP contribution is 2.49. The van der Waals surface area contributed by atoms with E-state index >= 15 is 0 Å². The van der Waals surface area contributed by atoms with E-state index < -0.39 is 0 Å². The Labute approximate surface area is 182 Å². The van der Waals surface area contributed by atoms with Gasteiger partial charge in [-0.05, 0) is 69.1 Å². The van der Waals surface area contributed by atoms with Crippen molar-refractivity contribution in [2.24, 2.45) is 7.05 Å². The average molecular weight is 399 g/mol. The van der Waals surface area contributed by atoms with Crippen LogP contribution in [0.4, 0.5) is 5.69 Å². The summed E-state index contributed by atoms with van der Waals surface area (Å²) < 4.78 is 2.21. The van der Waals surface area contributed by atoms with Crippen molar-refractivity contribution in [1.29, 1.82) is 0 Å². The molecule has 2 heteroatoms. The maximum Gasteiger partial charge on any atom is 0.188 e. The highest BCUT2D eigenvalue weighted by Gasteiger charge is 2.35.